The van der Waals surface area contributed by atoms with Gasteiger partial charge in [-0.15, -0.1) is 0 Å². The predicted molar refractivity (Wildman–Crippen MR) is 217 cm³/mol. The molecule has 2 rings (SSSR count). The van der Waals surface area contributed by atoms with Crippen molar-refractivity contribution < 1.29 is 64.6 Å². The van der Waals surface area contributed by atoms with Gasteiger partial charge in [-0.1, -0.05) is 148 Å². The molecule has 0 radical (unpaired) electrons. The van der Waals surface area contributed by atoms with E-state index in [9.17, 15) is 45.6 Å². The van der Waals surface area contributed by atoms with Crippen molar-refractivity contribution in [3.8, 4) is 0 Å². The first-order valence-electron chi connectivity index (χ1n) is 22.4. The van der Waals surface area contributed by atoms with Gasteiger partial charge in [0.15, 0.2) is 12.6 Å². The molecule has 0 aromatic heterocycles. The van der Waals surface area contributed by atoms with Crippen LogP contribution in [-0.2, 0) is 23.7 Å². The summed E-state index contributed by atoms with van der Waals surface area (Å²) in [6, 6.07) is -0.905. The van der Waals surface area contributed by atoms with Crippen molar-refractivity contribution in [1.29, 1.82) is 0 Å². The normalized spacial score (nSPS) is 29.2. The highest BCUT2D eigenvalue weighted by Gasteiger charge is 2.50. The van der Waals surface area contributed by atoms with E-state index in [0.29, 0.717) is 6.42 Å². The molecule has 0 spiro atoms. The minimum absolute atomic E-state index is 0.244. The van der Waals surface area contributed by atoms with Gasteiger partial charge < -0.3 is 65.1 Å². The van der Waals surface area contributed by atoms with Crippen LogP contribution in [0.1, 0.15) is 162 Å². The average molecular weight is 820 g/mol. The molecule has 0 bridgehead atoms. The van der Waals surface area contributed by atoms with Gasteiger partial charge in [-0.3, -0.25) is 4.79 Å². The number of aliphatic hydroxyl groups excluding tert-OH is 8. The lowest BCUT2D eigenvalue weighted by Gasteiger charge is -2.46. The Kier molecular flexibility index (Phi) is 28.7. The monoisotopic (exact) mass is 820 g/mol. The van der Waals surface area contributed by atoms with Crippen LogP contribution in [0.15, 0.2) is 12.2 Å². The van der Waals surface area contributed by atoms with Gasteiger partial charge in [0.05, 0.1) is 32.0 Å². The Hall–Kier alpha value is -1.27. The Labute approximate surface area is 342 Å². The van der Waals surface area contributed by atoms with Gasteiger partial charge in [-0.25, -0.2) is 0 Å². The smallest absolute Gasteiger partial charge is 0.220 e. The third-order valence-corrected chi connectivity index (χ3v) is 11.2. The molecule has 2 aliphatic rings. The number of allylic oxidation sites excluding steroid dienone is 1. The van der Waals surface area contributed by atoms with Gasteiger partial charge in [-0.2, -0.15) is 0 Å². The summed E-state index contributed by atoms with van der Waals surface area (Å²) < 4.78 is 22.6. The SMILES string of the molecule is CCCCCCCCCCCCCC/C=C/C(O)C(COC1OC(CO)C(OC2OC(CO)C(O)C(O)C2O)C(O)C1O)NC(=O)CCCCCCCCCCC. The second-order valence-corrected chi connectivity index (χ2v) is 16.2. The van der Waals surface area contributed by atoms with E-state index in [0.717, 1.165) is 38.5 Å². The van der Waals surface area contributed by atoms with E-state index in [2.05, 4.69) is 19.2 Å². The highest BCUT2D eigenvalue weighted by molar-refractivity contribution is 5.76. The number of hydrogen-bond acceptors (Lipinski definition) is 13. The Morgan fingerprint density at radius 2 is 1.09 bits per heavy atom. The van der Waals surface area contributed by atoms with Crippen molar-refractivity contribution in [3.05, 3.63) is 12.2 Å². The number of hydrogen-bond donors (Lipinski definition) is 9. The average Bonchev–Trinajstić information content (AvgIpc) is 3.21. The fraction of sp³-hybridized carbons (Fsp3) is 0.930. The largest absolute Gasteiger partial charge is 0.394 e. The summed E-state index contributed by atoms with van der Waals surface area (Å²) in [6.07, 6.45) is 12.7. The topological polar surface area (TPSA) is 228 Å². The Morgan fingerprint density at radius 1 is 0.614 bits per heavy atom. The quantitative estimate of drug-likeness (QED) is 0.0337. The van der Waals surface area contributed by atoms with Crippen molar-refractivity contribution in [3.63, 3.8) is 0 Å². The zero-order valence-corrected chi connectivity index (χ0v) is 35.1. The highest BCUT2D eigenvalue weighted by Crippen LogP contribution is 2.30. The summed E-state index contributed by atoms with van der Waals surface area (Å²) in [5.74, 6) is -0.244. The van der Waals surface area contributed by atoms with Gasteiger partial charge in [0.1, 0.15) is 48.8 Å². The van der Waals surface area contributed by atoms with Crippen LogP contribution in [0.5, 0.6) is 0 Å². The fourth-order valence-corrected chi connectivity index (χ4v) is 7.47. The molecule has 1 amide bonds. The van der Waals surface area contributed by atoms with E-state index in [1.165, 1.54) is 96.3 Å². The van der Waals surface area contributed by atoms with Crippen LogP contribution in [0.2, 0.25) is 0 Å². The van der Waals surface area contributed by atoms with E-state index in [-0.39, 0.29) is 18.9 Å². The highest BCUT2D eigenvalue weighted by atomic mass is 16.7. The maximum Gasteiger partial charge on any atom is 0.220 e. The lowest BCUT2D eigenvalue weighted by molar-refractivity contribution is -0.359. The van der Waals surface area contributed by atoms with Crippen molar-refractivity contribution in [2.75, 3.05) is 19.8 Å². The van der Waals surface area contributed by atoms with Crippen molar-refractivity contribution in [2.45, 2.75) is 235 Å². The minimum Gasteiger partial charge on any atom is -0.394 e. The number of unbranched alkanes of at least 4 members (excludes halogenated alkanes) is 20. The van der Waals surface area contributed by atoms with Crippen molar-refractivity contribution >= 4 is 5.91 Å². The molecule has 57 heavy (non-hydrogen) atoms. The van der Waals surface area contributed by atoms with Crippen LogP contribution in [0.3, 0.4) is 0 Å². The number of aliphatic hydroxyl groups is 8. The van der Waals surface area contributed by atoms with Crippen LogP contribution < -0.4 is 5.32 Å². The minimum atomic E-state index is -1.78. The van der Waals surface area contributed by atoms with Crippen LogP contribution in [0.25, 0.3) is 0 Å². The van der Waals surface area contributed by atoms with Crippen molar-refractivity contribution in [2.24, 2.45) is 0 Å². The summed E-state index contributed by atoms with van der Waals surface area (Å²) in [5, 5.41) is 86.3. The van der Waals surface area contributed by atoms with Crippen molar-refractivity contribution in [1.82, 2.24) is 5.32 Å². The molecule has 0 saturated carbocycles. The van der Waals surface area contributed by atoms with E-state index >= 15 is 0 Å². The number of ether oxygens (including phenoxy) is 4. The first kappa shape index (κ1) is 51.9. The van der Waals surface area contributed by atoms with Gasteiger partial charge in [0.25, 0.3) is 0 Å². The first-order valence-corrected chi connectivity index (χ1v) is 22.4. The third-order valence-electron chi connectivity index (χ3n) is 11.2. The number of carbonyl (C=O) groups is 1. The second kappa shape index (κ2) is 31.6. The lowest BCUT2D eigenvalue weighted by atomic mass is 9.97. The van der Waals surface area contributed by atoms with Gasteiger partial charge >= 0.3 is 0 Å². The number of amides is 1. The van der Waals surface area contributed by atoms with Crippen LogP contribution in [0.4, 0.5) is 0 Å². The number of carbonyl (C=O) groups excluding carboxylic acids is 1. The molecule has 336 valence electrons. The van der Waals surface area contributed by atoms with Gasteiger partial charge in [-0.05, 0) is 19.3 Å². The molecule has 0 aromatic rings. The molecule has 2 fully saturated rings. The molecule has 0 aliphatic carbocycles. The Bertz CT molecular complexity index is 1020. The van der Waals surface area contributed by atoms with Crippen LogP contribution >= 0.6 is 0 Å². The summed E-state index contributed by atoms with van der Waals surface area (Å²) in [6.45, 7) is 2.73. The summed E-state index contributed by atoms with van der Waals surface area (Å²) in [7, 11) is 0. The molecule has 2 aliphatic heterocycles. The zero-order valence-electron chi connectivity index (χ0n) is 35.1. The molecule has 14 nitrogen and oxygen atoms in total. The van der Waals surface area contributed by atoms with E-state index < -0.39 is 86.8 Å². The third kappa shape index (κ3) is 20.2. The molecular formula is C43H81NO13. The fourth-order valence-electron chi connectivity index (χ4n) is 7.47. The Balaban J connectivity index is 1.91. The first-order chi connectivity index (χ1) is 27.6. The Morgan fingerprint density at radius 3 is 1.61 bits per heavy atom. The van der Waals surface area contributed by atoms with Crippen LogP contribution in [0, 0.1) is 0 Å². The van der Waals surface area contributed by atoms with Crippen LogP contribution in [-0.4, -0.2) is 140 Å². The maximum absolute atomic E-state index is 13.0. The summed E-state index contributed by atoms with van der Waals surface area (Å²) >= 11 is 0. The summed E-state index contributed by atoms with van der Waals surface area (Å²) in [4.78, 5) is 13.0. The summed E-state index contributed by atoms with van der Waals surface area (Å²) in [5.41, 5.74) is 0. The van der Waals surface area contributed by atoms with Gasteiger partial charge in [0, 0.05) is 6.42 Å². The molecule has 0 aromatic carbocycles. The van der Waals surface area contributed by atoms with E-state index in [4.69, 9.17) is 18.9 Å². The predicted octanol–water partition coefficient (Wildman–Crippen LogP) is 4.04. The molecule has 2 saturated heterocycles. The molecule has 12 atom stereocenters. The number of rotatable bonds is 33. The molecule has 12 unspecified atom stereocenters. The van der Waals surface area contributed by atoms with E-state index in [1.807, 2.05) is 6.08 Å². The molecule has 14 heteroatoms. The second-order valence-electron chi connectivity index (χ2n) is 16.2. The molecule has 9 N–H and O–H groups in total. The molecule has 2 heterocycles. The number of nitrogens with one attached hydrogen (secondary N) is 1. The van der Waals surface area contributed by atoms with E-state index in [1.54, 1.807) is 6.08 Å². The maximum atomic E-state index is 13.0. The lowest BCUT2D eigenvalue weighted by Crippen LogP contribution is -2.65. The van der Waals surface area contributed by atoms with Gasteiger partial charge in [0.2, 0.25) is 5.91 Å². The zero-order chi connectivity index (χ0) is 41.8. The molecular weight excluding hydrogens is 738 g/mol. The standard InChI is InChI=1S/C43H81NO13/c1-3-5-7-9-11-13-14-15-16-17-19-20-22-24-26-32(47)31(44-35(48)27-25-23-21-18-12-10-8-6-4-2)30-54-42-40(53)38(51)41(34(29-46)56-42)57-43-39(52)37(50)36(49)33(28-45)55-43/h24,26,31-34,36-43,45-47,49-53H,3-23,25,27-30H2,1-2H3,(H,44,48)/b26-24+.